The first-order valence-corrected chi connectivity index (χ1v) is 14.9. The number of halogens is 3. The first-order valence-electron chi connectivity index (χ1n) is 11.2. The Labute approximate surface area is 213 Å². The minimum atomic E-state index is -2.00. The number of aromatic amines is 1. The fourth-order valence-electron chi connectivity index (χ4n) is 3.26. The Morgan fingerprint density at radius 3 is 2.51 bits per heavy atom. The number of pyridine rings is 2. The molecular weight excluding hydrogens is 514 g/mol. The molecule has 190 valence electrons. The minimum Gasteiger partial charge on any atom is -0.487 e. The van der Waals surface area contributed by atoms with Gasteiger partial charge < -0.3 is 9.16 Å². The molecule has 0 aliphatic heterocycles. The van der Waals surface area contributed by atoms with Gasteiger partial charge >= 0.3 is 5.69 Å². The summed E-state index contributed by atoms with van der Waals surface area (Å²) in [6, 6.07) is 0.935. The summed E-state index contributed by atoms with van der Waals surface area (Å²) in [5, 5.41) is -0.440. The minimum absolute atomic E-state index is 0.0309. The third kappa shape index (κ3) is 5.60. The van der Waals surface area contributed by atoms with Gasteiger partial charge in [-0.3, -0.25) is 14.8 Å². The van der Waals surface area contributed by atoms with E-state index in [1.54, 1.807) is 0 Å². The van der Waals surface area contributed by atoms with Gasteiger partial charge in [-0.2, -0.15) is 0 Å². The monoisotopic (exact) mass is 542 g/mol. The summed E-state index contributed by atoms with van der Waals surface area (Å²) < 4.78 is 27.4. The lowest BCUT2D eigenvalue weighted by Gasteiger charge is -2.36. The van der Waals surface area contributed by atoms with Gasteiger partial charge in [0.25, 0.3) is 5.56 Å². The fraction of sp³-hybridized carbons (Fsp3) is 0.478. The van der Waals surface area contributed by atoms with Crippen LogP contribution in [0.3, 0.4) is 0 Å². The lowest BCUT2D eigenvalue weighted by atomic mass is 10.1. The van der Waals surface area contributed by atoms with Crippen molar-refractivity contribution < 1.29 is 13.6 Å². The predicted octanol–water partition coefficient (Wildman–Crippen LogP) is 5.27. The van der Waals surface area contributed by atoms with Crippen molar-refractivity contribution in [2.24, 2.45) is 0 Å². The molecule has 0 aliphatic rings. The molecule has 3 rings (SSSR count). The van der Waals surface area contributed by atoms with Crippen molar-refractivity contribution in [3.8, 4) is 11.4 Å². The van der Waals surface area contributed by atoms with E-state index in [-0.39, 0.29) is 39.1 Å². The fourth-order valence-corrected chi connectivity index (χ4v) is 4.62. The molecule has 0 unspecified atom stereocenters. The molecule has 35 heavy (non-hydrogen) atoms. The number of fused-ring (bicyclic) bond motifs is 1. The highest BCUT2D eigenvalue weighted by Gasteiger charge is 2.37. The van der Waals surface area contributed by atoms with Crippen molar-refractivity contribution in [2.45, 2.75) is 58.7 Å². The third-order valence-corrected chi connectivity index (χ3v) is 11.2. The SMILES string of the molecule is CCCc1ncc(Cl)c(OCCO[Si](C)(C)C(C)(C)C)c1-n1c(=O)[nH]c(=O)c2cc(F)c(Cl)nc21. The van der Waals surface area contributed by atoms with Crippen molar-refractivity contribution in [3.63, 3.8) is 0 Å². The number of rotatable bonds is 8. The van der Waals surface area contributed by atoms with E-state index in [4.69, 9.17) is 32.4 Å². The zero-order valence-electron chi connectivity index (χ0n) is 20.6. The van der Waals surface area contributed by atoms with Crippen LogP contribution in [-0.2, 0) is 10.8 Å². The molecule has 0 saturated carbocycles. The largest absolute Gasteiger partial charge is 0.487 e. The van der Waals surface area contributed by atoms with E-state index in [2.05, 4.69) is 48.8 Å². The zero-order valence-corrected chi connectivity index (χ0v) is 23.1. The van der Waals surface area contributed by atoms with Crippen LogP contribution in [0.1, 0.15) is 39.8 Å². The molecular formula is C23H29Cl2FN4O4Si. The zero-order chi connectivity index (χ0) is 26.1. The standard InChI is InChI=1S/C23H29Cl2FN4O4Si/c1-7-8-16-17(30-20-13(21(31)29-22(30)32)11-15(26)19(25)28-20)18(14(24)12-27-16)33-9-10-34-35(5,6)23(2,3)4/h11-12H,7-10H2,1-6H3,(H,29,31,32). The van der Waals surface area contributed by atoms with Gasteiger partial charge in [-0.05, 0) is 30.6 Å². The molecule has 0 radical (unpaired) electrons. The number of aromatic nitrogens is 4. The van der Waals surface area contributed by atoms with Gasteiger partial charge in [-0.25, -0.2) is 18.7 Å². The maximum Gasteiger partial charge on any atom is 0.334 e. The average Bonchev–Trinajstić information content (AvgIpc) is 2.75. The molecule has 0 spiro atoms. The number of nitrogens with one attached hydrogen (secondary N) is 1. The topological polar surface area (TPSA) is 99.1 Å². The van der Waals surface area contributed by atoms with Crippen LogP contribution in [0.2, 0.25) is 28.3 Å². The quantitative estimate of drug-likeness (QED) is 0.236. The first-order chi connectivity index (χ1) is 16.3. The average molecular weight is 543 g/mol. The summed E-state index contributed by atoms with van der Waals surface area (Å²) >= 11 is 12.4. The lowest BCUT2D eigenvalue weighted by Crippen LogP contribution is -2.41. The second-order valence-electron chi connectivity index (χ2n) is 9.66. The van der Waals surface area contributed by atoms with Crippen LogP contribution in [0.15, 0.2) is 21.9 Å². The summed E-state index contributed by atoms with van der Waals surface area (Å²) in [6.07, 6.45) is 2.62. The smallest absolute Gasteiger partial charge is 0.334 e. The summed E-state index contributed by atoms with van der Waals surface area (Å²) in [4.78, 5) is 36.0. The van der Waals surface area contributed by atoms with Crippen molar-refractivity contribution in [3.05, 3.63) is 54.8 Å². The van der Waals surface area contributed by atoms with Crippen molar-refractivity contribution in [1.82, 2.24) is 19.5 Å². The van der Waals surface area contributed by atoms with Crippen LogP contribution in [-0.4, -0.2) is 41.1 Å². The van der Waals surface area contributed by atoms with Crippen LogP contribution >= 0.6 is 23.2 Å². The van der Waals surface area contributed by atoms with Gasteiger partial charge in [0.2, 0.25) is 0 Å². The van der Waals surface area contributed by atoms with E-state index in [0.29, 0.717) is 25.1 Å². The van der Waals surface area contributed by atoms with E-state index < -0.39 is 30.5 Å². The molecule has 0 aliphatic carbocycles. The van der Waals surface area contributed by atoms with Gasteiger partial charge in [-0.15, -0.1) is 0 Å². The molecule has 1 N–H and O–H groups in total. The Morgan fingerprint density at radius 2 is 1.89 bits per heavy atom. The van der Waals surface area contributed by atoms with Crippen LogP contribution in [0.5, 0.6) is 5.75 Å². The number of ether oxygens (including phenoxy) is 1. The Hall–Kier alpha value is -2.27. The highest BCUT2D eigenvalue weighted by atomic mass is 35.5. The molecule has 0 fully saturated rings. The second-order valence-corrected chi connectivity index (χ2v) is 15.2. The van der Waals surface area contributed by atoms with Crippen molar-refractivity contribution in [2.75, 3.05) is 13.2 Å². The van der Waals surface area contributed by atoms with E-state index in [9.17, 15) is 14.0 Å². The molecule has 3 heterocycles. The number of nitrogens with zero attached hydrogens (tertiary/aromatic N) is 3. The summed E-state index contributed by atoms with van der Waals surface area (Å²) in [7, 11) is -2.00. The van der Waals surface area contributed by atoms with Gasteiger partial charge in [0.15, 0.2) is 30.7 Å². The van der Waals surface area contributed by atoms with Crippen LogP contribution in [0.25, 0.3) is 16.7 Å². The summed E-state index contributed by atoms with van der Waals surface area (Å²) in [5.41, 5.74) is -1.01. The Balaban J connectivity index is 2.15. The van der Waals surface area contributed by atoms with E-state index in [0.717, 1.165) is 10.6 Å². The Morgan fingerprint density at radius 1 is 1.20 bits per heavy atom. The Bertz CT molecular complexity index is 1370. The summed E-state index contributed by atoms with van der Waals surface area (Å²) in [6.45, 7) is 13.1. The molecule has 3 aromatic heterocycles. The number of H-pyrrole nitrogens is 1. The molecule has 8 nitrogen and oxygen atoms in total. The number of aryl methyl sites for hydroxylation is 1. The predicted molar refractivity (Wildman–Crippen MR) is 138 cm³/mol. The van der Waals surface area contributed by atoms with Gasteiger partial charge in [-0.1, -0.05) is 57.3 Å². The van der Waals surface area contributed by atoms with Crippen molar-refractivity contribution in [1.29, 1.82) is 0 Å². The van der Waals surface area contributed by atoms with Gasteiger partial charge in [0, 0.05) is 6.20 Å². The van der Waals surface area contributed by atoms with E-state index in [1.165, 1.54) is 6.20 Å². The molecule has 0 bridgehead atoms. The maximum atomic E-state index is 14.1. The van der Waals surface area contributed by atoms with E-state index in [1.807, 2.05) is 6.92 Å². The molecule has 12 heteroatoms. The highest BCUT2D eigenvalue weighted by molar-refractivity contribution is 6.74. The third-order valence-electron chi connectivity index (χ3n) is 6.14. The lowest BCUT2D eigenvalue weighted by molar-refractivity contribution is 0.203. The first kappa shape index (κ1) is 27.3. The van der Waals surface area contributed by atoms with Crippen molar-refractivity contribution >= 4 is 42.6 Å². The molecule has 0 atom stereocenters. The normalized spacial score (nSPS) is 12.4. The van der Waals surface area contributed by atoms with E-state index >= 15 is 0 Å². The van der Waals surface area contributed by atoms with Gasteiger partial charge in [0.1, 0.15) is 17.3 Å². The molecule has 0 aromatic carbocycles. The molecule has 0 amide bonds. The van der Waals surface area contributed by atoms with Crippen LogP contribution in [0, 0.1) is 5.82 Å². The molecule has 3 aromatic rings. The second kappa shape index (κ2) is 10.4. The van der Waals surface area contributed by atoms with Gasteiger partial charge in [0.05, 0.1) is 17.7 Å². The maximum absolute atomic E-state index is 14.1. The Kier molecular flexibility index (Phi) is 8.10. The number of hydrogen-bond acceptors (Lipinski definition) is 6. The van der Waals surface area contributed by atoms with Crippen LogP contribution < -0.4 is 16.0 Å². The number of hydrogen-bond donors (Lipinski definition) is 1. The molecule has 0 saturated heterocycles. The summed E-state index contributed by atoms with van der Waals surface area (Å²) in [5.74, 6) is -0.700. The van der Waals surface area contributed by atoms with Crippen LogP contribution in [0.4, 0.5) is 4.39 Å². The highest BCUT2D eigenvalue weighted by Crippen LogP contribution is 2.37.